The third-order valence-corrected chi connectivity index (χ3v) is 4.34. The lowest BCUT2D eigenvalue weighted by Crippen LogP contribution is -2.49. The third kappa shape index (κ3) is 2.73. The van der Waals surface area contributed by atoms with Crippen LogP contribution in [0.3, 0.4) is 0 Å². The molecule has 2 nitrogen and oxygen atoms in total. The molecule has 15 heavy (non-hydrogen) atoms. The summed E-state index contributed by atoms with van der Waals surface area (Å²) in [5.41, 5.74) is 0.513. The van der Waals surface area contributed by atoms with Gasteiger partial charge in [-0.25, -0.2) is 0 Å². The highest BCUT2D eigenvalue weighted by molar-refractivity contribution is 4.91. The SMILES string of the molecule is CN1CCC(NC2CCCCC2(C)C)C1. The van der Waals surface area contributed by atoms with Crippen molar-refractivity contribution in [3.8, 4) is 0 Å². The van der Waals surface area contributed by atoms with Crippen molar-refractivity contribution in [1.29, 1.82) is 0 Å². The molecule has 1 N–H and O–H groups in total. The summed E-state index contributed by atoms with van der Waals surface area (Å²) in [5, 5.41) is 3.90. The average Bonchev–Trinajstić information content (AvgIpc) is 2.55. The van der Waals surface area contributed by atoms with Crippen molar-refractivity contribution in [3.63, 3.8) is 0 Å². The fourth-order valence-electron chi connectivity index (χ4n) is 3.16. The zero-order chi connectivity index (χ0) is 10.9. The Labute approximate surface area is 94.4 Å². The molecule has 2 aliphatic rings. The minimum atomic E-state index is 0.513. The van der Waals surface area contributed by atoms with Gasteiger partial charge >= 0.3 is 0 Å². The highest BCUT2D eigenvalue weighted by Crippen LogP contribution is 2.35. The van der Waals surface area contributed by atoms with Crippen LogP contribution in [0.25, 0.3) is 0 Å². The molecule has 0 aromatic carbocycles. The molecule has 0 radical (unpaired) electrons. The fraction of sp³-hybridized carbons (Fsp3) is 1.00. The van der Waals surface area contributed by atoms with E-state index in [2.05, 4.69) is 31.1 Å². The monoisotopic (exact) mass is 210 g/mol. The van der Waals surface area contributed by atoms with E-state index in [1.165, 1.54) is 45.2 Å². The Balaban J connectivity index is 1.87. The smallest absolute Gasteiger partial charge is 0.0209 e. The summed E-state index contributed by atoms with van der Waals surface area (Å²) < 4.78 is 0. The fourth-order valence-corrected chi connectivity index (χ4v) is 3.16. The molecule has 1 saturated heterocycles. The Hall–Kier alpha value is -0.0800. The Bertz CT molecular complexity index is 213. The van der Waals surface area contributed by atoms with Gasteiger partial charge in [0.2, 0.25) is 0 Å². The second kappa shape index (κ2) is 4.42. The first-order valence-corrected chi connectivity index (χ1v) is 6.52. The second-order valence-electron chi connectivity index (χ2n) is 6.20. The topological polar surface area (TPSA) is 15.3 Å². The molecule has 2 heteroatoms. The van der Waals surface area contributed by atoms with Gasteiger partial charge in [-0.05, 0) is 38.3 Å². The Kier molecular flexibility index (Phi) is 3.36. The largest absolute Gasteiger partial charge is 0.309 e. The van der Waals surface area contributed by atoms with Gasteiger partial charge in [0, 0.05) is 18.6 Å². The molecule has 2 fully saturated rings. The zero-order valence-electron chi connectivity index (χ0n) is 10.6. The van der Waals surface area contributed by atoms with Crippen molar-refractivity contribution >= 4 is 0 Å². The molecular formula is C13H26N2. The highest BCUT2D eigenvalue weighted by Gasteiger charge is 2.34. The van der Waals surface area contributed by atoms with Crippen LogP contribution in [0.5, 0.6) is 0 Å². The molecule has 2 atom stereocenters. The summed E-state index contributed by atoms with van der Waals surface area (Å²) in [6.07, 6.45) is 6.96. The van der Waals surface area contributed by atoms with Gasteiger partial charge in [-0.3, -0.25) is 0 Å². The molecule has 1 aliphatic heterocycles. The molecule has 2 unspecified atom stereocenters. The van der Waals surface area contributed by atoms with E-state index >= 15 is 0 Å². The van der Waals surface area contributed by atoms with Crippen molar-refractivity contribution in [1.82, 2.24) is 10.2 Å². The van der Waals surface area contributed by atoms with E-state index in [1.807, 2.05) is 0 Å². The van der Waals surface area contributed by atoms with Crippen molar-refractivity contribution in [2.24, 2.45) is 5.41 Å². The normalized spacial score (nSPS) is 37.0. The predicted molar refractivity (Wildman–Crippen MR) is 65.1 cm³/mol. The zero-order valence-corrected chi connectivity index (χ0v) is 10.6. The first kappa shape index (κ1) is 11.4. The predicted octanol–water partition coefficient (Wildman–Crippen LogP) is 2.25. The Morgan fingerprint density at radius 1 is 1.20 bits per heavy atom. The maximum absolute atomic E-state index is 3.90. The van der Waals surface area contributed by atoms with Crippen molar-refractivity contribution < 1.29 is 0 Å². The molecular weight excluding hydrogens is 184 g/mol. The Morgan fingerprint density at radius 3 is 2.60 bits per heavy atom. The van der Waals surface area contributed by atoms with Gasteiger partial charge < -0.3 is 10.2 Å². The van der Waals surface area contributed by atoms with Gasteiger partial charge in [-0.1, -0.05) is 26.7 Å². The number of hydrogen-bond acceptors (Lipinski definition) is 2. The quantitative estimate of drug-likeness (QED) is 0.752. The summed E-state index contributed by atoms with van der Waals surface area (Å²) in [6.45, 7) is 7.38. The van der Waals surface area contributed by atoms with E-state index in [0.29, 0.717) is 5.41 Å². The molecule has 1 saturated carbocycles. The molecule has 0 aromatic rings. The van der Waals surface area contributed by atoms with Crippen LogP contribution in [-0.4, -0.2) is 37.1 Å². The van der Waals surface area contributed by atoms with E-state index in [9.17, 15) is 0 Å². The third-order valence-electron chi connectivity index (χ3n) is 4.34. The van der Waals surface area contributed by atoms with Crippen LogP contribution in [-0.2, 0) is 0 Å². The first-order chi connectivity index (χ1) is 7.08. The standard InChI is InChI=1S/C13H26N2/c1-13(2)8-5-4-6-12(13)14-11-7-9-15(3)10-11/h11-12,14H,4-10H2,1-3H3. The Morgan fingerprint density at radius 2 is 2.00 bits per heavy atom. The summed E-state index contributed by atoms with van der Waals surface area (Å²) in [6, 6.07) is 1.50. The van der Waals surface area contributed by atoms with Crippen molar-refractivity contribution in [2.75, 3.05) is 20.1 Å². The van der Waals surface area contributed by atoms with Gasteiger partial charge in [0.05, 0.1) is 0 Å². The maximum Gasteiger partial charge on any atom is 0.0209 e. The molecule has 0 aromatic heterocycles. The average molecular weight is 210 g/mol. The molecule has 88 valence electrons. The summed E-state index contributed by atoms with van der Waals surface area (Å²) >= 11 is 0. The number of hydrogen-bond donors (Lipinski definition) is 1. The number of rotatable bonds is 2. The molecule has 0 spiro atoms. The number of likely N-dealkylation sites (N-methyl/N-ethyl adjacent to an activating group) is 1. The summed E-state index contributed by atoms with van der Waals surface area (Å²) in [5.74, 6) is 0. The van der Waals surface area contributed by atoms with E-state index in [1.54, 1.807) is 0 Å². The molecule has 1 aliphatic carbocycles. The molecule has 0 bridgehead atoms. The second-order valence-corrected chi connectivity index (χ2v) is 6.20. The lowest BCUT2D eigenvalue weighted by Gasteiger charge is -2.40. The summed E-state index contributed by atoms with van der Waals surface area (Å²) in [7, 11) is 2.23. The minimum absolute atomic E-state index is 0.513. The van der Waals surface area contributed by atoms with Crippen molar-refractivity contribution in [3.05, 3.63) is 0 Å². The van der Waals surface area contributed by atoms with Gasteiger partial charge in [-0.15, -0.1) is 0 Å². The van der Waals surface area contributed by atoms with Crippen LogP contribution in [0.15, 0.2) is 0 Å². The van der Waals surface area contributed by atoms with Crippen LogP contribution >= 0.6 is 0 Å². The van der Waals surface area contributed by atoms with Crippen LogP contribution in [0.2, 0.25) is 0 Å². The van der Waals surface area contributed by atoms with Gasteiger partial charge in [0.25, 0.3) is 0 Å². The number of nitrogens with one attached hydrogen (secondary N) is 1. The molecule has 2 rings (SSSR count). The maximum atomic E-state index is 3.90. The van der Waals surface area contributed by atoms with Gasteiger partial charge in [-0.2, -0.15) is 0 Å². The highest BCUT2D eigenvalue weighted by atomic mass is 15.2. The van der Waals surface area contributed by atoms with E-state index in [0.717, 1.165) is 12.1 Å². The van der Waals surface area contributed by atoms with Crippen LogP contribution in [0.4, 0.5) is 0 Å². The van der Waals surface area contributed by atoms with E-state index < -0.39 is 0 Å². The van der Waals surface area contributed by atoms with E-state index in [4.69, 9.17) is 0 Å². The van der Waals surface area contributed by atoms with Gasteiger partial charge in [0.15, 0.2) is 0 Å². The van der Waals surface area contributed by atoms with Crippen LogP contribution in [0.1, 0.15) is 46.0 Å². The van der Waals surface area contributed by atoms with Gasteiger partial charge in [0.1, 0.15) is 0 Å². The lowest BCUT2D eigenvalue weighted by molar-refractivity contribution is 0.156. The lowest BCUT2D eigenvalue weighted by atomic mass is 9.73. The number of nitrogens with zero attached hydrogens (tertiary/aromatic N) is 1. The molecule has 1 heterocycles. The van der Waals surface area contributed by atoms with Crippen molar-refractivity contribution in [2.45, 2.75) is 58.0 Å². The first-order valence-electron chi connectivity index (χ1n) is 6.52. The van der Waals surface area contributed by atoms with Crippen LogP contribution in [0, 0.1) is 5.41 Å². The van der Waals surface area contributed by atoms with Crippen LogP contribution < -0.4 is 5.32 Å². The summed E-state index contributed by atoms with van der Waals surface area (Å²) in [4.78, 5) is 2.44. The number of likely N-dealkylation sites (tertiary alicyclic amines) is 1. The molecule has 0 amide bonds. The minimum Gasteiger partial charge on any atom is -0.309 e. The van der Waals surface area contributed by atoms with E-state index in [-0.39, 0.29) is 0 Å².